The van der Waals surface area contributed by atoms with Crippen LogP contribution in [-0.2, 0) is 9.59 Å². The fourth-order valence-electron chi connectivity index (χ4n) is 3.91. The van der Waals surface area contributed by atoms with Crippen LogP contribution < -0.4 is 20.1 Å². The molecule has 4 rings (SSSR count). The molecule has 0 aromatic heterocycles. The fourth-order valence-corrected chi connectivity index (χ4v) is 7.01. The van der Waals surface area contributed by atoms with E-state index >= 15 is 0 Å². The molecule has 0 bridgehead atoms. The molecule has 0 fully saturated rings. The first-order valence-electron chi connectivity index (χ1n) is 12.1. The molecule has 40 heavy (non-hydrogen) atoms. The van der Waals surface area contributed by atoms with Gasteiger partial charge in [0.1, 0.15) is 11.5 Å². The van der Waals surface area contributed by atoms with E-state index in [1.807, 2.05) is 86.6 Å². The maximum atomic E-state index is 12.4. The number of benzene rings is 4. The summed E-state index contributed by atoms with van der Waals surface area (Å²) < 4.78 is 14.9. The lowest BCUT2D eigenvalue weighted by molar-refractivity contribution is -0.118. The molecule has 0 aliphatic rings. The van der Waals surface area contributed by atoms with Gasteiger partial charge in [-0.1, -0.05) is 56.1 Å². The van der Waals surface area contributed by atoms with E-state index in [-0.39, 0.29) is 25.0 Å². The van der Waals surface area contributed by atoms with Crippen LogP contribution in [0.15, 0.2) is 90.7 Å². The van der Waals surface area contributed by atoms with E-state index in [0.717, 1.165) is 40.1 Å². The second kappa shape index (κ2) is 13.8. The van der Waals surface area contributed by atoms with E-state index in [9.17, 15) is 9.59 Å². The zero-order valence-electron chi connectivity index (χ0n) is 21.5. The molecule has 0 saturated heterocycles. The zero-order valence-corrected chi connectivity index (χ0v) is 27.8. The number of rotatable bonds is 9. The minimum atomic E-state index is -0.256. The third-order valence-electron chi connectivity index (χ3n) is 5.75. The first kappa shape index (κ1) is 30.3. The summed E-state index contributed by atoms with van der Waals surface area (Å²) in [5.41, 5.74) is 5.12. The van der Waals surface area contributed by atoms with Crippen molar-refractivity contribution in [3.63, 3.8) is 0 Å². The van der Waals surface area contributed by atoms with Gasteiger partial charge in [-0.25, -0.2) is 0 Å². The summed E-state index contributed by atoms with van der Waals surface area (Å²) in [5, 5.41) is 5.70. The Kier molecular flexibility index (Phi) is 10.5. The molecular weight excluding hydrogens is 772 g/mol. The SMILES string of the molecule is Cc1cc(Br)cc(Br)c1OCC(=O)Nc1ccc(-c2ccc(NC(=O)COc3c(C)cc(Br)cc3Br)cc2)cc1. The minimum absolute atomic E-state index is 0.110. The molecule has 4 aromatic carbocycles. The highest BCUT2D eigenvalue weighted by atomic mass is 79.9. The standard InChI is InChI=1S/C30H24Br4N2O4/c1-17-11-21(31)13-25(33)29(17)39-15-27(37)35-23-7-3-19(4-8-23)20-5-9-24(10-6-20)36-28(38)16-40-30-18(2)12-22(32)14-26(30)34/h3-14H,15-16H2,1-2H3,(H,35,37)(H,36,38). The molecule has 0 unspecified atom stereocenters. The molecule has 0 heterocycles. The number of ether oxygens (including phenoxy) is 2. The molecular formula is C30H24Br4N2O4. The van der Waals surface area contributed by atoms with Gasteiger partial charge in [-0.3, -0.25) is 9.59 Å². The van der Waals surface area contributed by atoms with E-state index in [0.29, 0.717) is 22.9 Å². The highest BCUT2D eigenvalue weighted by molar-refractivity contribution is 9.11. The monoisotopic (exact) mass is 792 g/mol. The van der Waals surface area contributed by atoms with Gasteiger partial charge in [-0.05, 0) is 116 Å². The maximum absolute atomic E-state index is 12.4. The van der Waals surface area contributed by atoms with Crippen molar-refractivity contribution in [2.24, 2.45) is 0 Å². The predicted molar refractivity (Wildman–Crippen MR) is 173 cm³/mol. The van der Waals surface area contributed by atoms with Crippen molar-refractivity contribution in [3.8, 4) is 22.6 Å². The van der Waals surface area contributed by atoms with Gasteiger partial charge in [0.25, 0.3) is 11.8 Å². The van der Waals surface area contributed by atoms with Crippen molar-refractivity contribution < 1.29 is 19.1 Å². The predicted octanol–water partition coefficient (Wildman–Crippen LogP) is 9.06. The third kappa shape index (κ3) is 8.19. The van der Waals surface area contributed by atoms with E-state index in [4.69, 9.17) is 9.47 Å². The van der Waals surface area contributed by atoms with Gasteiger partial charge in [0.05, 0.1) is 8.95 Å². The van der Waals surface area contributed by atoms with Crippen LogP contribution in [0.4, 0.5) is 11.4 Å². The number of aryl methyl sites for hydroxylation is 2. The summed E-state index contributed by atoms with van der Waals surface area (Å²) in [5.74, 6) is 0.754. The van der Waals surface area contributed by atoms with Crippen LogP contribution in [0.1, 0.15) is 11.1 Å². The molecule has 0 saturated carbocycles. The summed E-state index contributed by atoms with van der Waals surface area (Å²) in [7, 11) is 0. The molecule has 0 atom stereocenters. The second-order valence-electron chi connectivity index (χ2n) is 8.90. The van der Waals surface area contributed by atoms with Crippen LogP contribution in [0.2, 0.25) is 0 Å². The third-order valence-corrected chi connectivity index (χ3v) is 7.85. The lowest BCUT2D eigenvalue weighted by Gasteiger charge is -2.13. The number of nitrogens with one attached hydrogen (secondary N) is 2. The van der Waals surface area contributed by atoms with E-state index in [1.165, 1.54) is 0 Å². The number of halogens is 4. The van der Waals surface area contributed by atoms with Crippen LogP contribution in [-0.4, -0.2) is 25.0 Å². The Hall–Kier alpha value is -2.66. The first-order chi connectivity index (χ1) is 19.1. The topological polar surface area (TPSA) is 76.7 Å². The molecule has 0 radical (unpaired) electrons. The molecule has 2 N–H and O–H groups in total. The molecule has 2 amide bonds. The van der Waals surface area contributed by atoms with Gasteiger partial charge in [0.15, 0.2) is 13.2 Å². The zero-order chi connectivity index (χ0) is 28.8. The minimum Gasteiger partial charge on any atom is -0.482 e. The lowest BCUT2D eigenvalue weighted by Crippen LogP contribution is -2.20. The quantitative estimate of drug-likeness (QED) is 0.177. The first-order valence-corrected chi connectivity index (χ1v) is 15.2. The molecule has 0 aliphatic heterocycles. The number of anilines is 2. The normalized spacial score (nSPS) is 10.7. The van der Waals surface area contributed by atoms with Crippen LogP contribution in [0.3, 0.4) is 0 Å². The Morgan fingerprint density at radius 3 is 1.27 bits per heavy atom. The van der Waals surface area contributed by atoms with E-state index in [1.54, 1.807) is 0 Å². The number of hydrogen-bond donors (Lipinski definition) is 2. The lowest BCUT2D eigenvalue weighted by atomic mass is 10.0. The number of carbonyl (C=O) groups excluding carboxylic acids is 2. The Morgan fingerprint density at radius 2 is 0.950 bits per heavy atom. The maximum Gasteiger partial charge on any atom is 0.262 e. The van der Waals surface area contributed by atoms with E-state index < -0.39 is 0 Å². The second-order valence-corrected chi connectivity index (χ2v) is 12.4. The average Bonchev–Trinajstić information content (AvgIpc) is 2.88. The fraction of sp³-hybridized carbons (Fsp3) is 0.133. The number of carbonyl (C=O) groups is 2. The van der Waals surface area contributed by atoms with Crippen molar-refractivity contribution in [1.82, 2.24) is 0 Å². The number of hydrogen-bond acceptors (Lipinski definition) is 4. The molecule has 0 spiro atoms. The number of amides is 2. The Morgan fingerprint density at radius 1 is 0.600 bits per heavy atom. The molecule has 10 heteroatoms. The highest BCUT2D eigenvalue weighted by Gasteiger charge is 2.12. The highest BCUT2D eigenvalue weighted by Crippen LogP contribution is 2.33. The summed E-state index contributed by atoms with van der Waals surface area (Å²) in [6.07, 6.45) is 0. The molecule has 6 nitrogen and oxygen atoms in total. The van der Waals surface area contributed by atoms with E-state index in [2.05, 4.69) is 74.4 Å². The van der Waals surface area contributed by atoms with Crippen LogP contribution in [0.25, 0.3) is 11.1 Å². The summed E-state index contributed by atoms with van der Waals surface area (Å²) in [6, 6.07) is 22.6. The smallest absolute Gasteiger partial charge is 0.262 e. The molecule has 0 aliphatic carbocycles. The van der Waals surface area contributed by atoms with Crippen LogP contribution in [0.5, 0.6) is 11.5 Å². The van der Waals surface area contributed by atoms with Crippen molar-refractivity contribution in [2.45, 2.75) is 13.8 Å². The van der Waals surface area contributed by atoms with Crippen LogP contribution in [0, 0.1) is 13.8 Å². The summed E-state index contributed by atoms with van der Waals surface area (Å²) in [6.45, 7) is 3.62. The summed E-state index contributed by atoms with van der Waals surface area (Å²) >= 11 is 13.8. The van der Waals surface area contributed by atoms with Gasteiger partial charge in [-0.2, -0.15) is 0 Å². The van der Waals surface area contributed by atoms with Gasteiger partial charge in [0, 0.05) is 20.3 Å². The summed E-state index contributed by atoms with van der Waals surface area (Å²) in [4.78, 5) is 24.8. The van der Waals surface area contributed by atoms with Crippen molar-refractivity contribution in [3.05, 3.63) is 102 Å². The molecule has 4 aromatic rings. The average molecular weight is 796 g/mol. The molecule has 206 valence electrons. The van der Waals surface area contributed by atoms with Gasteiger partial charge in [-0.15, -0.1) is 0 Å². The largest absolute Gasteiger partial charge is 0.482 e. The van der Waals surface area contributed by atoms with Gasteiger partial charge < -0.3 is 20.1 Å². The van der Waals surface area contributed by atoms with Gasteiger partial charge in [0.2, 0.25) is 0 Å². The Bertz CT molecular complexity index is 1380. The van der Waals surface area contributed by atoms with Crippen molar-refractivity contribution in [1.29, 1.82) is 0 Å². The Labute approximate surface area is 266 Å². The van der Waals surface area contributed by atoms with Crippen molar-refractivity contribution in [2.75, 3.05) is 23.8 Å². The Balaban J connectivity index is 1.28. The van der Waals surface area contributed by atoms with Crippen molar-refractivity contribution >= 4 is 86.9 Å². The van der Waals surface area contributed by atoms with Crippen LogP contribution >= 0.6 is 63.7 Å². The van der Waals surface area contributed by atoms with Gasteiger partial charge >= 0.3 is 0 Å².